The fourth-order valence-electron chi connectivity index (χ4n) is 3.01. The summed E-state index contributed by atoms with van der Waals surface area (Å²) in [5.74, 6) is 0.826. The Balaban J connectivity index is 2.09. The molecular formula is C15H11ClN6OS2. The summed E-state index contributed by atoms with van der Waals surface area (Å²) in [5.41, 5.74) is 7.79. The summed E-state index contributed by atoms with van der Waals surface area (Å²) in [7, 11) is 0. The Kier molecular flexibility index (Phi) is 3.71. The number of nitrogen functional groups attached to an aromatic ring is 1. The first kappa shape index (κ1) is 16.0. The first-order valence-electron chi connectivity index (χ1n) is 7.22. The summed E-state index contributed by atoms with van der Waals surface area (Å²) in [5, 5.41) is 3.66. The van der Waals surface area contributed by atoms with Gasteiger partial charge in [-0.15, -0.1) is 0 Å². The van der Waals surface area contributed by atoms with Gasteiger partial charge >= 0.3 is 0 Å². The number of hydrogen-bond donors (Lipinski definition) is 5. The molecule has 10 heteroatoms. The van der Waals surface area contributed by atoms with Crippen LogP contribution >= 0.6 is 36.0 Å². The molecule has 4 rings (SSSR count). The lowest BCUT2D eigenvalue weighted by molar-refractivity contribution is 0.878. The molecule has 0 radical (unpaired) electrons. The molecule has 1 atom stereocenters. The van der Waals surface area contributed by atoms with Gasteiger partial charge in [-0.2, -0.15) is 0 Å². The minimum atomic E-state index is -0.460. The lowest BCUT2D eigenvalue weighted by Gasteiger charge is -2.28. The number of aromatic amines is 3. The zero-order chi connectivity index (χ0) is 17.7. The number of rotatable bonds is 1. The molecule has 0 saturated heterocycles. The first-order chi connectivity index (χ1) is 11.9. The Morgan fingerprint density at radius 3 is 2.52 bits per heavy atom. The van der Waals surface area contributed by atoms with E-state index < -0.39 is 5.92 Å². The van der Waals surface area contributed by atoms with E-state index in [1.54, 1.807) is 12.1 Å². The van der Waals surface area contributed by atoms with Gasteiger partial charge in [-0.1, -0.05) is 23.7 Å². The summed E-state index contributed by atoms with van der Waals surface area (Å²) in [6.45, 7) is 0. The minimum Gasteiger partial charge on any atom is -0.385 e. The lowest BCUT2D eigenvalue weighted by Crippen LogP contribution is -2.27. The molecule has 6 N–H and O–H groups in total. The Labute approximate surface area is 156 Å². The average molecular weight is 391 g/mol. The van der Waals surface area contributed by atoms with Gasteiger partial charge in [0.2, 0.25) is 0 Å². The molecule has 126 valence electrons. The average Bonchev–Trinajstić information content (AvgIpc) is 2.53. The summed E-state index contributed by atoms with van der Waals surface area (Å²) >= 11 is 16.2. The zero-order valence-electron chi connectivity index (χ0n) is 12.5. The second-order valence-corrected chi connectivity index (χ2v) is 6.76. The third-order valence-corrected chi connectivity index (χ3v) is 4.65. The highest BCUT2D eigenvalue weighted by atomic mass is 35.5. The SMILES string of the molecule is Nc1[nH]c(=S)nc2c1C(c1ccc(Cl)cc1)c1c([nH]c(=S)[nH]c1=O)N2. The van der Waals surface area contributed by atoms with Crippen molar-refractivity contribution in [2.75, 3.05) is 11.1 Å². The van der Waals surface area contributed by atoms with E-state index in [-0.39, 0.29) is 15.1 Å². The third kappa shape index (κ3) is 2.66. The monoisotopic (exact) mass is 390 g/mol. The van der Waals surface area contributed by atoms with Crippen molar-refractivity contribution >= 4 is 53.5 Å². The molecule has 3 aromatic rings. The van der Waals surface area contributed by atoms with Crippen molar-refractivity contribution in [3.8, 4) is 0 Å². The maximum absolute atomic E-state index is 12.6. The van der Waals surface area contributed by atoms with Crippen LogP contribution in [0.15, 0.2) is 29.1 Å². The summed E-state index contributed by atoms with van der Waals surface area (Å²) in [4.78, 5) is 25.3. The number of H-pyrrole nitrogens is 3. The highest BCUT2D eigenvalue weighted by Gasteiger charge is 2.33. The van der Waals surface area contributed by atoms with Crippen LogP contribution in [-0.2, 0) is 0 Å². The van der Waals surface area contributed by atoms with Crippen LogP contribution in [0.3, 0.4) is 0 Å². The van der Waals surface area contributed by atoms with Crippen LogP contribution in [0.5, 0.6) is 0 Å². The Hall–Kier alpha value is -2.49. The van der Waals surface area contributed by atoms with E-state index in [1.807, 2.05) is 12.1 Å². The zero-order valence-corrected chi connectivity index (χ0v) is 14.9. The van der Waals surface area contributed by atoms with Crippen LogP contribution < -0.4 is 16.6 Å². The number of fused-ring (bicyclic) bond motifs is 2. The van der Waals surface area contributed by atoms with Crippen LogP contribution in [0.2, 0.25) is 5.02 Å². The van der Waals surface area contributed by atoms with Gasteiger partial charge in [0.05, 0.1) is 11.5 Å². The summed E-state index contributed by atoms with van der Waals surface area (Å²) < 4.78 is 0.453. The van der Waals surface area contributed by atoms with E-state index in [1.165, 1.54) is 0 Å². The molecule has 7 nitrogen and oxygen atoms in total. The number of benzene rings is 1. The Bertz CT molecular complexity index is 1160. The van der Waals surface area contributed by atoms with Gasteiger partial charge in [0.1, 0.15) is 17.5 Å². The minimum absolute atomic E-state index is 0.212. The van der Waals surface area contributed by atoms with Gasteiger partial charge in [0.15, 0.2) is 9.54 Å². The van der Waals surface area contributed by atoms with Crippen LogP contribution in [0, 0.1) is 9.54 Å². The molecule has 25 heavy (non-hydrogen) atoms. The van der Waals surface area contributed by atoms with Crippen LogP contribution in [-0.4, -0.2) is 19.9 Å². The topological polar surface area (TPSA) is 115 Å². The van der Waals surface area contributed by atoms with Crippen LogP contribution in [0.1, 0.15) is 22.6 Å². The van der Waals surface area contributed by atoms with Gasteiger partial charge in [0, 0.05) is 10.6 Å². The fraction of sp³-hybridized carbons (Fsp3) is 0.0667. The van der Waals surface area contributed by atoms with E-state index in [2.05, 4.69) is 25.3 Å². The van der Waals surface area contributed by atoms with E-state index >= 15 is 0 Å². The van der Waals surface area contributed by atoms with Gasteiger partial charge < -0.3 is 21.0 Å². The Morgan fingerprint density at radius 2 is 1.80 bits per heavy atom. The fourth-order valence-corrected chi connectivity index (χ4v) is 3.53. The lowest BCUT2D eigenvalue weighted by atomic mass is 9.84. The molecule has 0 fully saturated rings. The van der Waals surface area contributed by atoms with E-state index in [0.717, 1.165) is 5.56 Å². The number of nitrogens with zero attached hydrogens (tertiary/aromatic N) is 1. The van der Waals surface area contributed by atoms with Crippen molar-refractivity contribution in [1.29, 1.82) is 0 Å². The standard InChI is InChI=1S/C15H11ClN6OS2/c16-6-3-1-5(2-4-6)7-8-10(17)18-14(24)20-11(8)19-12-9(7)13(23)22-15(25)21-12/h1-4,7H,(H6,17,18,19,20,21,22,23,24,25). The smallest absolute Gasteiger partial charge is 0.257 e. The second-order valence-electron chi connectivity index (χ2n) is 5.52. The van der Waals surface area contributed by atoms with Crippen LogP contribution in [0.4, 0.5) is 17.5 Å². The van der Waals surface area contributed by atoms with Gasteiger partial charge in [-0.25, -0.2) is 4.98 Å². The molecule has 1 aliphatic heterocycles. The normalized spacial score (nSPS) is 15.2. The van der Waals surface area contributed by atoms with Gasteiger partial charge in [-0.05, 0) is 42.1 Å². The van der Waals surface area contributed by atoms with Crippen molar-refractivity contribution in [2.45, 2.75) is 5.92 Å². The molecule has 1 aromatic carbocycles. The summed E-state index contributed by atoms with van der Waals surface area (Å²) in [6.07, 6.45) is 0. The summed E-state index contributed by atoms with van der Waals surface area (Å²) in [6, 6.07) is 7.20. The number of nitrogens with one attached hydrogen (secondary N) is 4. The molecule has 0 amide bonds. The molecule has 0 saturated carbocycles. The van der Waals surface area contributed by atoms with E-state index in [9.17, 15) is 4.79 Å². The molecule has 0 spiro atoms. The highest BCUT2D eigenvalue weighted by Crippen LogP contribution is 2.43. The molecule has 0 aliphatic carbocycles. The second kappa shape index (κ2) is 5.80. The predicted molar refractivity (Wildman–Crippen MR) is 102 cm³/mol. The predicted octanol–water partition coefficient (Wildman–Crippen LogP) is 3.36. The number of halogens is 1. The quantitative estimate of drug-likeness (QED) is 0.318. The molecule has 3 heterocycles. The number of nitrogens with two attached hydrogens (primary N) is 1. The van der Waals surface area contributed by atoms with E-state index in [4.69, 9.17) is 41.8 Å². The van der Waals surface area contributed by atoms with Crippen molar-refractivity contribution in [3.05, 3.63) is 65.9 Å². The molecule has 1 aliphatic rings. The maximum atomic E-state index is 12.6. The number of anilines is 3. The molecule has 1 unspecified atom stereocenters. The number of aromatic nitrogens is 4. The largest absolute Gasteiger partial charge is 0.385 e. The van der Waals surface area contributed by atoms with Gasteiger partial charge in [-0.3, -0.25) is 9.78 Å². The number of hydrogen-bond acceptors (Lipinski definition) is 6. The molecule has 2 aromatic heterocycles. The maximum Gasteiger partial charge on any atom is 0.257 e. The van der Waals surface area contributed by atoms with Crippen molar-refractivity contribution in [1.82, 2.24) is 19.9 Å². The first-order valence-corrected chi connectivity index (χ1v) is 8.42. The Morgan fingerprint density at radius 1 is 1.08 bits per heavy atom. The van der Waals surface area contributed by atoms with Crippen molar-refractivity contribution in [2.24, 2.45) is 0 Å². The van der Waals surface area contributed by atoms with Crippen molar-refractivity contribution < 1.29 is 0 Å². The molecular weight excluding hydrogens is 380 g/mol. The highest BCUT2D eigenvalue weighted by molar-refractivity contribution is 7.71. The molecule has 0 bridgehead atoms. The van der Waals surface area contributed by atoms with Crippen molar-refractivity contribution in [3.63, 3.8) is 0 Å². The van der Waals surface area contributed by atoms with E-state index in [0.29, 0.717) is 33.6 Å². The van der Waals surface area contributed by atoms with Crippen LogP contribution in [0.25, 0.3) is 0 Å². The third-order valence-electron chi connectivity index (χ3n) is 4.00. The van der Waals surface area contributed by atoms with Gasteiger partial charge in [0.25, 0.3) is 5.56 Å².